The van der Waals surface area contributed by atoms with Crippen LogP contribution in [-0.4, -0.2) is 53.6 Å². The van der Waals surface area contributed by atoms with Gasteiger partial charge in [0.25, 0.3) is 12.3 Å². The number of hydrogen-bond acceptors (Lipinski definition) is 5. The molecule has 1 aromatic heterocycles. The number of halogens is 3. The van der Waals surface area contributed by atoms with Gasteiger partial charge in [-0.05, 0) is 12.1 Å². The van der Waals surface area contributed by atoms with Crippen LogP contribution in [0.3, 0.4) is 0 Å². The van der Waals surface area contributed by atoms with E-state index < -0.39 is 12.2 Å². The molecule has 1 amide bonds. The second-order valence-electron chi connectivity index (χ2n) is 6.03. The van der Waals surface area contributed by atoms with Crippen LogP contribution in [0.25, 0.3) is 0 Å². The van der Waals surface area contributed by atoms with Crippen LogP contribution in [0.4, 0.5) is 8.78 Å². The average molecular weight is 397 g/mol. The van der Waals surface area contributed by atoms with E-state index in [-0.39, 0.29) is 18.5 Å². The van der Waals surface area contributed by atoms with Crippen LogP contribution in [-0.2, 0) is 4.74 Å². The van der Waals surface area contributed by atoms with Gasteiger partial charge in [-0.3, -0.25) is 9.69 Å². The number of carbonyl (C=O) groups is 1. The van der Waals surface area contributed by atoms with Gasteiger partial charge in [0, 0.05) is 37.6 Å². The van der Waals surface area contributed by atoms with Gasteiger partial charge < -0.3 is 10.1 Å². The number of amides is 1. The van der Waals surface area contributed by atoms with Crippen molar-refractivity contribution in [1.29, 1.82) is 0 Å². The molecule has 144 valence electrons. The standard InChI is InChI=1S/C18H19ClF2N4O2/c19-14-4-2-1-3-13(14)18(26)24-11-15(25-5-7-27-8-6-25)12-9-22-17(16(20)21)23-10-12/h1-4,9-10,15-16H,5-8,11H2,(H,24,26). The molecule has 1 N–H and O–H groups in total. The minimum atomic E-state index is -2.72. The van der Waals surface area contributed by atoms with Crippen LogP contribution in [0.1, 0.15) is 34.2 Å². The molecule has 0 bridgehead atoms. The summed E-state index contributed by atoms with van der Waals surface area (Å²) in [4.78, 5) is 22.0. The maximum Gasteiger partial charge on any atom is 0.297 e. The molecule has 0 saturated carbocycles. The fraction of sp³-hybridized carbons (Fsp3) is 0.389. The maximum atomic E-state index is 12.7. The molecule has 0 spiro atoms. The Morgan fingerprint density at radius 3 is 2.52 bits per heavy atom. The normalized spacial score (nSPS) is 16.3. The van der Waals surface area contributed by atoms with Crippen LogP contribution in [0.5, 0.6) is 0 Å². The molecular weight excluding hydrogens is 378 g/mol. The summed E-state index contributed by atoms with van der Waals surface area (Å²) >= 11 is 6.07. The quantitative estimate of drug-likeness (QED) is 0.813. The molecule has 6 nitrogen and oxygen atoms in total. The maximum absolute atomic E-state index is 12.7. The summed E-state index contributed by atoms with van der Waals surface area (Å²) in [7, 11) is 0. The van der Waals surface area contributed by atoms with E-state index in [9.17, 15) is 13.6 Å². The molecule has 1 saturated heterocycles. The molecule has 1 atom stereocenters. The van der Waals surface area contributed by atoms with Crippen molar-refractivity contribution in [2.75, 3.05) is 32.8 Å². The summed E-state index contributed by atoms with van der Waals surface area (Å²) in [6.45, 7) is 2.70. The van der Waals surface area contributed by atoms with E-state index in [0.717, 1.165) is 0 Å². The lowest BCUT2D eigenvalue weighted by Gasteiger charge is -2.34. The summed E-state index contributed by atoms with van der Waals surface area (Å²) < 4.78 is 30.8. The largest absolute Gasteiger partial charge is 0.379 e. The molecule has 2 aromatic rings. The van der Waals surface area contributed by atoms with Crippen molar-refractivity contribution in [1.82, 2.24) is 20.2 Å². The number of nitrogens with zero attached hydrogens (tertiary/aromatic N) is 3. The third-order valence-electron chi connectivity index (χ3n) is 4.33. The van der Waals surface area contributed by atoms with Gasteiger partial charge in [0.2, 0.25) is 0 Å². The first kappa shape index (κ1) is 19.6. The molecule has 2 heterocycles. The van der Waals surface area contributed by atoms with E-state index >= 15 is 0 Å². The van der Waals surface area contributed by atoms with Crippen molar-refractivity contribution in [3.8, 4) is 0 Å². The van der Waals surface area contributed by atoms with E-state index in [1.807, 2.05) is 0 Å². The van der Waals surface area contributed by atoms with Gasteiger partial charge in [0.1, 0.15) is 0 Å². The number of benzene rings is 1. The highest BCUT2D eigenvalue weighted by Crippen LogP contribution is 2.22. The van der Waals surface area contributed by atoms with Crippen LogP contribution in [0.15, 0.2) is 36.7 Å². The molecule has 3 rings (SSSR count). The molecule has 1 unspecified atom stereocenters. The summed E-state index contributed by atoms with van der Waals surface area (Å²) in [5, 5.41) is 3.23. The number of hydrogen-bond donors (Lipinski definition) is 1. The number of carbonyl (C=O) groups excluding carboxylic acids is 1. The Labute approximate surface area is 160 Å². The Bertz CT molecular complexity index is 770. The Morgan fingerprint density at radius 2 is 1.89 bits per heavy atom. The zero-order chi connectivity index (χ0) is 19.2. The monoisotopic (exact) mass is 396 g/mol. The van der Waals surface area contributed by atoms with Gasteiger partial charge in [0.05, 0.1) is 29.8 Å². The van der Waals surface area contributed by atoms with Gasteiger partial charge in [-0.15, -0.1) is 0 Å². The minimum Gasteiger partial charge on any atom is -0.379 e. The Kier molecular flexibility index (Phi) is 6.65. The van der Waals surface area contributed by atoms with Crippen molar-refractivity contribution in [3.63, 3.8) is 0 Å². The Hall–Kier alpha value is -2.16. The van der Waals surface area contributed by atoms with E-state index in [4.69, 9.17) is 16.3 Å². The Balaban J connectivity index is 1.75. The number of rotatable bonds is 6. The van der Waals surface area contributed by atoms with Crippen molar-refractivity contribution in [2.45, 2.75) is 12.5 Å². The zero-order valence-electron chi connectivity index (χ0n) is 14.4. The van der Waals surface area contributed by atoms with Crippen molar-refractivity contribution in [2.24, 2.45) is 0 Å². The molecule has 1 fully saturated rings. The van der Waals surface area contributed by atoms with Crippen molar-refractivity contribution < 1.29 is 18.3 Å². The molecule has 27 heavy (non-hydrogen) atoms. The van der Waals surface area contributed by atoms with Gasteiger partial charge in [-0.25, -0.2) is 18.7 Å². The number of nitrogens with one attached hydrogen (secondary N) is 1. The van der Waals surface area contributed by atoms with Crippen LogP contribution in [0.2, 0.25) is 5.02 Å². The lowest BCUT2D eigenvalue weighted by Crippen LogP contribution is -2.44. The molecular formula is C18H19ClF2N4O2. The van der Waals surface area contributed by atoms with E-state index in [0.29, 0.717) is 42.5 Å². The number of morpholine rings is 1. The second-order valence-corrected chi connectivity index (χ2v) is 6.44. The molecule has 0 radical (unpaired) electrons. The first-order valence-electron chi connectivity index (χ1n) is 8.51. The molecule has 9 heteroatoms. The fourth-order valence-electron chi connectivity index (χ4n) is 2.91. The SMILES string of the molecule is O=C(NCC(c1cnc(C(F)F)nc1)N1CCOCC1)c1ccccc1Cl. The topological polar surface area (TPSA) is 67.4 Å². The van der Waals surface area contributed by atoms with Crippen LogP contribution < -0.4 is 5.32 Å². The van der Waals surface area contributed by atoms with E-state index in [1.54, 1.807) is 24.3 Å². The first-order valence-corrected chi connectivity index (χ1v) is 8.88. The second kappa shape index (κ2) is 9.16. The lowest BCUT2D eigenvalue weighted by atomic mass is 10.1. The Morgan fingerprint density at radius 1 is 1.22 bits per heavy atom. The predicted octanol–water partition coefficient (Wildman–Crippen LogP) is 2.87. The zero-order valence-corrected chi connectivity index (χ0v) is 15.2. The number of ether oxygens (including phenoxy) is 1. The highest BCUT2D eigenvalue weighted by molar-refractivity contribution is 6.33. The van der Waals surface area contributed by atoms with Gasteiger partial charge in [-0.1, -0.05) is 23.7 Å². The fourth-order valence-corrected chi connectivity index (χ4v) is 3.13. The minimum absolute atomic E-state index is 0.257. The third kappa shape index (κ3) is 4.97. The molecule has 1 aliphatic heterocycles. The summed E-state index contributed by atoms with van der Waals surface area (Å²) in [5.41, 5.74) is 1.03. The molecule has 1 aromatic carbocycles. The molecule has 1 aliphatic rings. The summed E-state index contributed by atoms with van der Waals surface area (Å²) in [5.74, 6) is -0.816. The first-order chi connectivity index (χ1) is 13.1. The van der Waals surface area contributed by atoms with E-state index in [1.165, 1.54) is 12.4 Å². The smallest absolute Gasteiger partial charge is 0.297 e. The van der Waals surface area contributed by atoms with Gasteiger partial charge in [-0.2, -0.15) is 0 Å². The van der Waals surface area contributed by atoms with E-state index in [2.05, 4.69) is 20.2 Å². The van der Waals surface area contributed by atoms with Crippen molar-refractivity contribution in [3.05, 3.63) is 58.6 Å². The third-order valence-corrected chi connectivity index (χ3v) is 4.66. The highest BCUT2D eigenvalue weighted by Gasteiger charge is 2.25. The highest BCUT2D eigenvalue weighted by atomic mass is 35.5. The van der Waals surface area contributed by atoms with Crippen LogP contribution in [0, 0.1) is 0 Å². The predicted molar refractivity (Wildman–Crippen MR) is 95.9 cm³/mol. The number of aromatic nitrogens is 2. The van der Waals surface area contributed by atoms with Gasteiger partial charge in [0.15, 0.2) is 5.82 Å². The van der Waals surface area contributed by atoms with Gasteiger partial charge >= 0.3 is 0 Å². The average Bonchev–Trinajstić information content (AvgIpc) is 2.69. The summed E-state index contributed by atoms with van der Waals surface area (Å²) in [6, 6.07) is 6.51. The lowest BCUT2D eigenvalue weighted by molar-refractivity contribution is 0.0160. The van der Waals surface area contributed by atoms with Crippen LogP contribution >= 0.6 is 11.6 Å². The summed E-state index contributed by atoms with van der Waals surface area (Å²) in [6.07, 6.45) is 0.0489. The number of alkyl halides is 2. The molecule has 0 aliphatic carbocycles. The van der Waals surface area contributed by atoms with Crippen molar-refractivity contribution >= 4 is 17.5 Å².